The molecule has 12 heteroatoms. The number of anilines is 2. The molecule has 0 N–H and O–H groups in total. The Morgan fingerprint density at radius 2 is 1.00 bits per heavy atom. The van der Waals surface area contributed by atoms with Gasteiger partial charge in [0.25, 0.3) is 0 Å². The molecule has 12 nitrogen and oxygen atoms in total. The van der Waals surface area contributed by atoms with E-state index in [4.69, 9.17) is 9.47 Å². The van der Waals surface area contributed by atoms with Crippen LogP contribution in [0.15, 0.2) is 36.9 Å². The van der Waals surface area contributed by atoms with E-state index in [2.05, 4.69) is 39.5 Å². The van der Waals surface area contributed by atoms with Crippen LogP contribution < -0.4 is 9.80 Å². The largest absolute Gasteiger partial charge is 0.466 e. The number of piperazine rings is 2. The number of hydrogen-bond acceptors (Lipinski definition) is 12. The molecule has 2 saturated heterocycles. The van der Waals surface area contributed by atoms with Crippen LogP contribution in [0.25, 0.3) is 0 Å². The van der Waals surface area contributed by atoms with Crippen molar-refractivity contribution in [3.8, 4) is 0 Å². The molecule has 4 heterocycles. The molecule has 0 unspecified atom stereocenters. The monoisotopic (exact) mass is 622 g/mol. The van der Waals surface area contributed by atoms with Gasteiger partial charge in [-0.2, -0.15) is 0 Å². The number of ether oxygens (including phenoxy) is 2. The third-order valence-corrected chi connectivity index (χ3v) is 9.38. The minimum absolute atomic E-state index is 0.180. The van der Waals surface area contributed by atoms with Crippen LogP contribution in [-0.4, -0.2) is 120 Å². The highest BCUT2D eigenvalue weighted by Gasteiger charge is 2.39. The summed E-state index contributed by atoms with van der Waals surface area (Å²) in [6, 6.07) is 3.68. The third kappa shape index (κ3) is 10.6. The Balaban J connectivity index is 0.896. The average molecular weight is 623 g/mol. The molecule has 3 fully saturated rings. The van der Waals surface area contributed by atoms with Gasteiger partial charge in [-0.15, -0.1) is 0 Å². The van der Waals surface area contributed by atoms with Crippen molar-refractivity contribution in [2.24, 2.45) is 5.41 Å². The van der Waals surface area contributed by atoms with Gasteiger partial charge in [0, 0.05) is 77.1 Å². The van der Waals surface area contributed by atoms with Gasteiger partial charge in [0.15, 0.2) is 0 Å². The number of nitrogens with zero attached hydrogens (tertiary/aromatic N) is 8. The van der Waals surface area contributed by atoms with Gasteiger partial charge in [-0.25, -0.2) is 19.9 Å². The zero-order valence-electron chi connectivity index (χ0n) is 26.7. The summed E-state index contributed by atoms with van der Waals surface area (Å²) in [7, 11) is 0. The molecule has 0 radical (unpaired) electrons. The smallest absolute Gasteiger partial charge is 0.306 e. The second-order valence-corrected chi connectivity index (χ2v) is 12.7. The molecule has 0 atom stereocenters. The summed E-state index contributed by atoms with van der Waals surface area (Å²) in [4.78, 5) is 52.2. The van der Waals surface area contributed by atoms with Crippen molar-refractivity contribution in [1.82, 2.24) is 29.7 Å². The molecule has 2 aromatic rings. The van der Waals surface area contributed by atoms with E-state index in [0.717, 1.165) is 129 Å². The second-order valence-electron chi connectivity index (χ2n) is 12.7. The molecule has 2 aliphatic heterocycles. The van der Waals surface area contributed by atoms with Crippen LogP contribution in [0.3, 0.4) is 0 Å². The highest BCUT2D eigenvalue weighted by atomic mass is 16.5. The van der Waals surface area contributed by atoms with Crippen LogP contribution in [-0.2, 0) is 19.1 Å². The molecule has 1 saturated carbocycles. The summed E-state index contributed by atoms with van der Waals surface area (Å²) in [5.41, 5.74) is -0.307. The lowest BCUT2D eigenvalue weighted by Gasteiger charge is -2.34. The quantitative estimate of drug-likeness (QED) is 0.202. The fourth-order valence-corrected chi connectivity index (χ4v) is 6.75. The van der Waals surface area contributed by atoms with E-state index in [-0.39, 0.29) is 17.4 Å². The lowest BCUT2D eigenvalue weighted by molar-refractivity contribution is -0.150. The van der Waals surface area contributed by atoms with E-state index in [1.54, 1.807) is 24.8 Å². The summed E-state index contributed by atoms with van der Waals surface area (Å²) in [5.74, 6) is 1.24. The number of hydrogen-bond donors (Lipinski definition) is 0. The van der Waals surface area contributed by atoms with Gasteiger partial charge in [-0.3, -0.25) is 19.4 Å². The first-order chi connectivity index (χ1) is 22.1. The third-order valence-electron chi connectivity index (χ3n) is 9.38. The lowest BCUT2D eigenvalue weighted by atomic mass is 9.79. The van der Waals surface area contributed by atoms with E-state index >= 15 is 0 Å². The number of esters is 2. The van der Waals surface area contributed by atoms with Crippen LogP contribution in [0.2, 0.25) is 0 Å². The summed E-state index contributed by atoms with van der Waals surface area (Å²) in [6.45, 7) is 10.5. The van der Waals surface area contributed by atoms with Crippen LogP contribution in [0.4, 0.5) is 11.9 Å². The Hall–Kier alpha value is -3.38. The Morgan fingerprint density at radius 3 is 1.40 bits per heavy atom. The number of unbranched alkanes of at least 4 members (excludes halogenated alkanes) is 2. The van der Waals surface area contributed by atoms with E-state index in [1.807, 2.05) is 12.1 Å². The number of carbonyl (C=O) groups is 2. The first-order valence-corrected chi connectivity index (χ1v) is 16.9. The molecule has 246 valence electrons. The van der Waals surface area contributed by atoms with E-state index in [9.17, 15) is 9.59 Å². The van der Waals surface area contributed by atoms with Crippen LogP contribution in [0.1, 0.15) is 64.2 Å². The van der Waals surface area contributed by atoms with Crippen LogP contribution in [0, 0.1) is 5.41 Å². The predicted molar refractivity (Wildman–Crippen MR) is 172 cm³/mol. The van der Waals surface area contributed by atoms with E-state index < -0.39 is 0 Å². The fraction of sp³-hybridized carbons (Fsp3) is 0.697. The fourth-order valence-electron chi connectivity index (χ4n) is 6.75. The van der Waals surface area contributed by atoms with Gasteiger partial charge in [-0.1, -0.05) is 12.8 Å². The lowest BCUT2D eigenvalue weighted by Crippen LogP contribution is -2.47. The van der Waals surface area contributed by atoms with Gasteiger partial charge in [0.1, 0.15) is 0 Å². The van der Waals surface area contributed by atoms with Gasteiger partial charge >= 0.3 is 11.9 Å². The van der Waals surface area contributed by atoms with E-state index in [1.165, 1.54) is 0 Å². The zero-order chi connectivity index (χ0) is 31.2. The van der Waals surface area contributed by atoms with Gasteiger partial charge in [-0.05, 0) is 69.2 Å². The predicted octanol–water partition coefficient (Wildman–Crippen LogP) is 3.20. The van der Waals surface area contributed by atoms with Crippen molar-refractivity contribution < 1.29 is 19.1 Å². The highest BCUT2D eigenvalue weighted by Crippen LogP contribution is 2.44. The van der Waals surface area contributed by atoms with Gasteiger partial charge in [0.05, 0.1) is 26.1 Å². The summed E-state index contributed by atoms with van der Waals surface area (Å²) in [5, 5.41) is 0. The maximum Gasteiger partial charge on any atom is 0.306 e. The minimum Gasteiger partial charge on any atom is -0.466 e. The van der Waals surface area contributed by atoms with Crippen molar-refractivity contribution in [3.05, 3.63) is 36.9 Å². The molecule has 3 aliphatic rings. The molecule has 0 aromatic carbocycles. The standard InChI is InChI=1S/C33H50N8O4/c42-29(44-25-5-3-15-38-17-21-40(22-18-38)31-34-11-7-12-35-31)27-33(9-1-2-10-33)28-30(43)45-26-6-4-16-39-19-23-41(24-20-39)32-36-13-8-14-37-32/h7-8,11-14H,1-6,9-10,15-28H2. The van der Waals surface area contributed by atoms with E-state index in [0.29, 0.717) is 26.1 Å². The van der Waals surface area contributed by atoms with Crippen molar-refractivity contribution >= 4 is 23.8 Å². The number of carbonyl (C=O) groups excluding carboxylic acids is 2. The maximum absolute atomic E-state index is 12.8. The first kappa shape index (κ1) is 33.0. The molecule has 1 aliphatic carbocycles. The molecule has 0 amide bonds. The average Bonchev–Trinajstić information content (AvgIpc) is 3.53. The number of rotatable bonds is 16. The van der Waals surface area contributed by atoms with Crippen LogP contribution in [0.5, 0.6) is 0 Å². The molecule has 0 bridgehead atoms. The van der Waals surface area contributed by atoms with Crippen LogP contribution >= 0.6 is 0 Å². The van der Waals surface area contributed by atoms with Gasteiger partial charge in [0.2, 0.25) is 11.9 Å². The molecule has 45 heavy (non-hydrogen) atoms. The molecule has 0 spiro atoms. The van der Waals surface area contributed by atoms with Crippen molar-refractivity contribution in [3.63, 3.8) is 0 Å². The molecule has 5 rings (SSSR count). The van der Waals surface area contributed by atoms with Crippen molar-refractivity contribution in [1.29, 1.82) is 0 Å². The maximum atomic E-state index is 12.8. The molecular weight excluding hydrogens is 572 g/mol. The topological polar surface area (TPSA) is 117 Å². The molecule has 2 aromatic heterocycles. The van der Waals surface area contributed by atoms with Crippen molar-refractivity contribution in [2.75, 3.05) is 88.5 Å². The second kappa shape index (κ2) is 17.4. The Bertz CT molecular complexity index is 1070. The van der Waals surface area contributed by atoms with Crippen molar-refractivity contribution in [2.45, 2.75) is 64.2 Å². The summed E-state index contributed by atoms with van der Waals surface area (Å²) >= 11 is 0. The number of aromatic nitrogens is 4. The summed E-state index contributed by atoms with van der Waals surface area (Å²) in [6.07, 6.45) is 15.3. The Labute approximate surface area is 267 Å². The SMILES string of the molecule is O=C(CC1(CC(=O)OCCCCN2CCN(c3ncccn3)CC2)CCCC1)OCCCCN1CCN(c2ncccn2)CC1. The Kier molecular flexibility index (Phi) is 12.7. The summed E-state index contributed by atoms with van der Waals surface area (Å²) < 4.78 is 11.3. The zero-order valence-corrected chi connectivity index (χ0v) is 26.7. The van der Waals surface area contributed by atoms with Gasteiger partial charge < -0.3 is 19.3 Å². The highest BCUT2D eigenvalue weighted by molar-refractivity contribution is 5.74. The first-order valence-electron chi connectivity index (χ1n) is 16.9. The Morgan fingerprint density at radius 1 is 0.600 bits per heavy atom. The minimum atomic E-state index is -0.307. The molecular formula is C33H50N8O4. The normalized spacial score (nSPS) is 19.0.